The van der Waals surface area contributed by atoms with Gasteiger partial charge in [0.25, 0.3) is 5.56 Å². The summed E-state index contributed by atoms with van der Waals surface area (Å²) in [6.45, 7) is 2.62. The second-order valence-corrected chi connectivity index (χ2v) is 8.54. The topological polar surface area (TPSA) is 82.9 Å². The molecule has 180 valence electrons. The van der Waals surface area contributed by atoms with E-state index in [1.807, 2.05) is 30.3 Å². The number of hydrogen-bond donors (Lipinski definition) is 0. The predicted molar refractivity (Wildman–Crippen MR) is 130 cm³/mol. The standard InChI is InChI=1S/C26H31N3O5/c1-4-33-26(31)28(2)19-10-12-20(13-11-19)34-24-14-21-22(15-23(24)32-3)27-17-29(25(21)30)16-18-8-6-5-7-9-18/h5-9,14-15,17,19-20H,4,10-13,16H2,1-3H3/t19-,20+. The van der Waals surface area contributed by atoms with Gasteiger partial charge in [-0.15, -0.1) is 0 Å². The van der Waals surface area contributed by atoms with Crippen LogP contribution < -0.4 is 15.0 Å². The molecule has 8 nitrogen and oxygen atoms in total. The number of ether oxygens (including phenoxy) is 3. The van der Waals surface area contributed by atoms with Gasteiger partial charge >= 0.3 is 6.09 Å². The molecule has 4 rings (SSSR count). The molecule has 1 aliphatic rings. The maximum absolute atomic E-state index is 13.2. The molecule has 0 bridgehead atoms. The molecule has 0 saturated heterocycles. The molecule has 3 aromatic rings. The Morgan fingerprint density at radius 1 is 1.12 bits per heavy atom. The van der Waals surface area contributed by atoms with Gasteiger partial charge in [0.2, 0.25) is 0 Å². The number of methoxy groups -OCH3 is 1. The average Bonchev–Trinajstić information content (AvgIpc) is 2.86. The Labute approximate surface area is 199 Å². The zero-order valence-electron chi connectivity index (χ0n) is 19.9. The number of carbonyl (C=O) groups excluding carboxylic acids is 1. The minimum atomic E-state index is -0.289. The van der Waals surface area contributed by atoms with E-state index in [1.165, 1.54) is 0 Å². The first-order valence-corrected chi connectivity index (χ1v) is 11.7. The number of benzene rings is 2. The number of nitrogens with zero attached hydrogens (tertiary/aromatic N) is 3. The van der Waals surface area contributed by atoms with Gasteiger partial charge in [-0.1, -0.05) is 30.3 Å². The van der Waals surface area contributed by atoms with Crippen molar-refractivity contribution >= 4 is 17.0 Å². The summed E-state index contributed by atoms with van der Waals surface area (Å²) in [5.74, 6) is 1.08. The second-order valence-electron chi connectivity index (χ2n) is 8.54. The highest BCUT2D eigenvalue weighted by molar-refractivity contribution is 5.81. The molecule has 0 aliphatic heterocycles. The smallest absolute Gasteiger partial charge is 0.409 e. The van der Waals surface area contributed by atoms with Gasteiger partial charge in [0.15, 0.2) is 11.5 Å². The highest BCUT2D eigenvalue weighted by atomic mass is 16.6. The van der Waals surface area contributed by atoms with Crippen molar-refractivity contribution < 1.29 is 19.0 Å². The molecule has 8 heteroatoms. The van der Waals surface area contributed by atoms with Crippen molar-refractivity contribution in [1.82, 2.24) is 14.5 Å². The number of carbonyl (C=O) groups is 1. The van der Waals surface area contributed by atoms with Crippen molar-refractivity contribution in [3.05, 3.63) is 64.7 Å². The first-order valence-electron chi connectivity index (χ1n) is 11.7. The molecular formula is C26H31N3O5. The summed E-state index contributed by atoms with van der Waals surface area (Å²) in [7, 11) is 3.36. The van der Waals surface area contributed by atoms with E-state index >= 15 is 0 Å². The van der Waals surface area contributed by atoms with Crippen LogP contribution in [0.25, 0.3) is 10.9 Å². The molecule has 0 spiro atoms. The molecule has 1 aromatic heterocycles. The maximum Gasteiger partial charge on any atom is 0.409 e. The highest BCUT2D eigenvalue weighted by Crippen LogP contribution is 2.34. The minimum absolute atomic E-state index is 0.0265. The summed E-state index contributed by atoms with van der Waals surface area (Å²) >= 11 is 0. The fourth-order valence-electron chi connectivity index (χ4n) is 4.42. The Morgan fingerprint density at radius 2 is 1.85 bits per heavy atom. The predicted octanol–water partition coefficient (Wildman–Crippen LogP) is 4.23. The third-order valence-electron chi connectivity index (χ3n) is 6.35. The Balaban J connectivity index is 1.51. The quantitative estimate of drug-likeness (QED) is 0.519. The minimum Gasteiger partial charge on any atom is -0.493 e. The van der Waals surface area contributed by atoms with E-state index in [1.54, 1.807) is 49.0 Å². The van der Waals surface area contributed by atoms with Crippen molar-refractivity contribution in [2.24, 2.45) is 0 Å². The lowest BCUT2D eigenvalue weighted by atomic mass is 9.92. The van der Waals surface area contributed by atoms with E-state index in [-0.39, 0.29) is 23.8 Å². The lowest BCUT2D eigenvalue weighted by molar-refractivity contribution is 0.0718. The fourth-order valence-corrected chi connectivity index (χ4v) is 4.42. The van der Waals surface area contributed by atoms with E-state index in [0.717, 1.165) is 31.2 Å². The Bertz CT molecular complexity index is 1190. The largest absolute Gasteiger partial charge is 0.493 e. The van der Waals surface area contributed by atoms with Crippen LogP contribution in [0.15, 0.2) is 53.6 Å². The number of amides is 1. The zero-order valence-corrected chi connectivity index (χ0v) is 19.9. The normalized spacial score (nSPS) is 17.9. The lowest BCUT2D eigenvalue weighted by Gasteiger charge is -2.34. The Morgan fingerprint density at radius 3 is 2.53 bits per heavy atom. The summed E-state index contributed by atoms with van der Waals surface area (Å²) in [4.78, 5) is 31.4. The molecule has 0 N–H and O–H groups in total. The second kappa shape index (κ2) is 10.6. The molecule has 1 fully saturated rings. The van der Waals surface area contributed by atoms with Crippen molar-refractivity contribution in [2.45, 2.75) is 51.3 Å². The van der Waals surface area contributed by atoms with Crippen molar-refractivity contribution in [3.8, 4) is 11.5 Å². The molecular weight excluding hydrogens is 434 g/mol. The molecule has 34 heavy (non-hydrogen) atoms. The third-order valence-corrected chi connectivity index (χ3v) is 6.35. The number of fused-ring (bicyclic) bond motifs is 1. The van der Waals surface area contributed by atoms with Crippen LogP contribution in [0.4, 0.5) is 4.79 Å². The van der Waals surface area contributed by atoms with Gasteiger partial charge in [-0.25, -0.2) is 9.78 Å². The maximum atomic E-state index is 13.2. The van der Waals surface area contributed by atoms with Crippen LogP contribution in [0, 0.1) is 0 Å². The molecule has 1 saturated carbocycles. The van der Waals surface area contributed by atoms with Gasteiger partial charge in [0.1, 0.15) is 0 Å². The summed E-state index contributed by atoms with van der Waals surface area (Å²) in [6, 6.07) is 13.4. The third kappa shape index (κ3) is 5.16. The molecule has 0 atom stereocenters. The van der Waals surface area contributed by atoms with E-state index in [4.69, 9.17) is 14.2 Å². The lowest BCUT2D eigenvalue weighted by Crippen LogP contribution is -2.41. The first kappa shape index (κ1) is 23.6. The van der Waals surface area contributed by atoms with Gasteiger partial charge in [0.05, 0.1) is 43.6 Å². The number of aromatic nitrogens is 2. The Hall–Kier alpha value is -3.55. The van der Waals surface area contributed by atoms with Crippen molar-refractivity contribution in [2.75, 3.05) is 20.8 Å². The SMILES string of the molecule is CCOC(=O)N(C)[C@H]1CC[C@@H](Oc2cc3c(=O)n(Cc4ccccc4)cnc3cc2OC)CC1. The molecule has 2 aromatic carbocycles. The number of rotatable bonds is 7. The van der Waals surface area contributed by atoms with Gasteiger partial charge < -0.3 is 19.1 Å². The van der Waals surface area contributed by atoms with E-state index in [2.05, 4.69) is 4.98 Å². The van der Waals surface area contributed by atoms with E-state index in [9.17, 15) is 9.59 Å². The highest BCUT2D eigenvalue weighted by Gasteiger charge is 2.28. The van der Waals surface area contributed by atoms with Crippen LogP contribution in [0.1, 0.15) is 38.2 Å². The van der Waals surface area contributed by atoms with Crippen LogP contribution >= 0.6 is 0 Å². The monoisotopic (exact) mass is 465 g/mol. The van der Waals surface area contributed by atoms with E-state index in [0.29, 0.717) is 35.6 Å². The first-order chi connectivity index (χ1) is 16.5. The molecule has 1 amide bonds. The summed E-state index contributed by atoms with van der Waals surface area (Å²) < 4.78 is 18.5. The van der Waals surface area contributed by atoms with Gasteiger partial charge in [-0.2, -0.15) is 0 Å². The summed E-state index contributed by atoms with van der Waals surface area (Å²) in [5.41, 5.74) is 1.47. The zero-order chi connectivity index (χ0) is 24.1. The summed E-state index contributed by atoms with van der Waals surface area (Å²) in [6.07, 6.45) is 4.48. The fraction of sp³-hybridized carbons (Fsp3) is 0.423. The van der Waals surface area contributed by atoms with Crippen molar-refractivity contribution in [3.63, 3.8) is 0 Å². The van der Waals surface area contributed by atoms with Crippen LogP contribution in [0.3, 0.4) is 0 Å². The van der Waals surface area contributed by atoms with Gasteiger partial charge in [-0.3, -0.25) is 9.36 Å². The van der Waals surface area contributed by atoms with Crippen LogP contribution in [0.2, 0.25) is 0 Å². The van der Waals surface area contributed by atoms with Crippen LogP contribution in [-0.2, 0) is 11.3 Å². The van der Waals surface area contributed by atoms with Crippen molar-refractivity contribution in [1.29, 1.82) is 0 Å². The van der Waals surface area contributed by atoms with Crippen LogP contribution in [0.5, 0.6) is 11.5 Å². The van der Waals surface area contributed by atoms with Gasteiger partial charge in [-0.05, 0) is 44.2 Å². The molecule has 1 aliphatic carbocycles. The summed E-state index contributed by atoms with van der Waals surface area (Å²) in [5, 5.41) is 0.491. The van der Waals surface area contributed by atoms with Crippen LogP contribution in [-0.4, -0.2) is 53.5 Å². The molecule has 0 radical (unpaired) electrons. The number of hydrogen-bond acceptors (Lipinski definition) is 6. The molecule has 1 heterocycles. The molecule has 0 unspecified atom stereocenters. The Kier molecular flexibility index (Phi) is 7.35. The van der Waals surface area contributed by atoms with Gasteiger partial charge in [0, 0.05) is 19.2 Å². The average molecular weight is 466 g/mol. The van der Waals surface area contributed by atoms with E-state index < -0.39 is 0 Å².